The van der Waals surface area contributed by atoms with Crippen molar-refractivity contribution in [1.82, 2.24) is 5.32 Å². The van der Waals surface area contributed by atoms with Crippen molar-refractivity contribution in [3.05, 3.63) is 0 Å². The number of nitrogens with two attached hydrogens (primary N) is 1. The van der Waals surface area contributed by atoms with E-state index in [0.717, 1.165) is 19.4 Å². The number of carbonyl (C=O) groups is 1. The Kier molecular flexibility index (Phi) is 6.52. The highest BCUT2D eigenvalue weighted by atomic mass is 16.5. The fourth-order valence-electron chi connectivity index (χ4n) is 1.04. The zero-order chi connectivity index (χ0) is 11.9. The molecule has 0 aromatic heterocycles. The largest absolute Gasteiger partial charge is 0.376 e. The minimum Gasteiger partial charge on any atom is -0.376 e. The Morgan fingerprint density at radius 2 is 2.13 bits per heavy atom. The third-order valence-electron chi connectivity index (χ3n) is 2.54. The third kappa shape index (κ3) is 5.14. The van der Waals surface area contributed by atoms with Crippen LogP contribution in [0.5, 0.6) is 0 Å². The van der Waals surface area contributed by atoms with Crippen molar-refractivity contribution in [1.29, 1.82) is 0 Å². The van der Waals surface area contributed by atoms with Gasteiger partial charge in [-0.05, 0) is 33.2 Å². The standard InChI is InChI=1S/C11H24N2O2/c1-5-7-13-11(4,10(12)14)8-15-9(3)6-2/h9,13H,5-8H2,1-4H3,(H2,12,14). The van der Waals surface area contributed by atoms with Gasteiger partial charge in [-0.1, -0.05) is 13.8 Å². The van der Waals surface area contributed by atoms with Crippen molar-refractivity contribution in [2.24, 2.45) is 5.73 Å². The lowest BCUT2D eigenvalue weighted by atomic mass is 10.0. The lowest BCUT2D eigenvalue weighted by Crippen LogP contribution is -2.56. The molecule has 0 spiro atoms. The first-order valence-corrected chi connectivity index (χ1v) is 5.62. The third-order valence-corrected chi connectivity index (χ3v) is 2.54. The second-order valence-electron chi connectivity index (χ2n) is 4.15. The molecule has 0 fully saturated rings. The molecule has 2 atom stereocenters. The summed E-state index contributed by atoms with van der Waals surface area (Å²) in [5.41, 5.74) is 4.61. The summed E-state index contributed by atoms with van der Waals surface area (Å²) in [4.78, 5) is 11.3. The molecule has 0 radical (unpaired) electrons. The molecular weight excluding hydrogens is 192 g/mol. The van der Waals surface area contributed by atoms with Gasteiger partial charge in [0.05, 0.1) is 12.7 Å². The minimum atomic E-state index is -0.751. The highest BCUT2D eigenvalue weighted by Crippen LogP contribution is 2.07. The van der Waals surface area contributed by atoms with E-state index in [2.05, 4.69) is 5.32 Å². The molecule has 2 unspecified atom stereocenters. The molecule has 0 rings (SSSR count). The number of nitrogens with one attached hydrogen (secondary N) is 1. The van der Waals surface area contributed by atoms with E-state index in [0.29, 0.717) is 6.61 Å². The molecule has 3 N–H and O–H groups in total. The van der Waals surface area contributed by atoms with Crippen LogP contribution in [0.15, 0.2) is 0 Å². The second-order valence-corrected chi connectivity index (χ2v) is 4.15. The van der Waals surface area contributed by atoms with Crippen LogP contribution in [0.4, 0.5) is 0 Å². The van der Waals surface area contributed by atoms with Crippen LogP contribution in [0.1, 0.15) is 40.5 Å². The van der Waals surface area contributed by atoms with Crippen LogP contribution in [-0.2, 0) is 9.53 Å². The van der Waals surface area contributed by atoms with Crippen molar-refractivity contribution in [2.75, 3.05) is 13.2 Å². The molecule has 0 aliphatic carbocycles. The first-order chi connectivity index (χ1) is 6.96. The summed E-state index contributed by atoms with van der Waals surface area (Å²) >= 11 is 0. The lowest BCUT2D eigenvalue weighted by Gasteiger charge is -2.28. The van der Waals surface area contributed by atoms with Crippen LogP contribution < -0.4 is 11.1 Å². The predicted molar refractivity (Wildman–Crippen MR) is 61.6 cm³/mol. The molecule has 0 heterocycles. The summed E-state index contributed by atoms with van der Waals surface area (Å²) in [5, 5.41) is 3.13. The van der Waals surface area contributed by atoms with Gasteiger partial charge in [0.25, 0.3) is 0 Å². The molecule has 0 aromatic rings. The highest BCUT2D eigenvalue weighted by molar-refractivity contribution is 5.84. The van der Waals surface area contributed by atoms with Gasteiger partial charge in [0.2, 0.25) is 5.91 Å². The fourth-order valence-corrected chi connectivity index (χ4v) is 1.04. The topological polar surface area (TPSA) is 64.3 Å². The molecule has 4 heteroatoms. The van der Waals surface area contributed by atoms with Crippen molar-refractivity contribution in [3.63, 3.8) is 0 Å². The number of rotatable bonds is 8. The van der Waals surface area contributed by atoms with Crippen molar-refractivity contribution >= 4 is 5.91 Å². The van der Waals surface area contributed by atoms with E-state index in [1.807, 2.05) is 20.8 Å². The summed E-state index contributed by atoms with van der Waals surface area (Å²) in [6, 6.07) is 0. The SMILES string of the molecule is CCCNC(C)(COC(C)CC)C(N)=O. The van der Waals surface area contributed by atoms with Gasteiger partial charge in [0.15, 0.2) is 0 Å². The minimum absolute atomic E-state index is 0.159. The van der Waals surface area contributed by atoms with Crippen LogP contribution in [-0.4, -0.2) is 30.7 Å². The van der Waals surface area contributed by atoms with Gasteiger partial charge in [0.1, 0.15) is 5.54 Å². The molecular formula is C11H24N2O2. The molecule has 90 valence electrons. The van der Waals surface area contributed by atoms with Crippen LogP contribution in [0.2, 0.25) is 0 Å². The van der Waals surface area contributed by atoms with Crippen molar-refractivity contribution in [2.45, 2.75) is 52.2 Å². The van der Waals surface area contributed by atoms with Gasteiger partial charge in [-0.15, -0.1) is 0 Å². The van der Waals surface area contributed by atoms with Crippen LogP contribution in [0, 0.1) is 0 Å². The second kappa shape index (κ2) is 6.80. The summed E-state index contributed by atoms with van der Waals surface area (Å²) < 4.78 is 5.55. The molecule has 0 bridgehead atoms. The number of ether oxygens (including phenoxy) is 1. The van der Waals surface area contributed by atoms with E-state index in [4.69, 9.17) is 10.5 Å². The molecule has 0 aliphatic heterocycles. The maximum Gasteiger partial charge on any atom is 0.239 e. The average molecular weight is 216 g/mol. The molecule has 4 nitrogen and oxygen atoms in total. The number of carbonyl (C=O) groups excluding carboxylic acids is 1. The molecule has 0 aliphatic rings. The Hall–Kier alpha value is -0.610. The van der Waals surface area contributed by atoms with Gasteiger partial charge in [0, 0.05) is 0 Å². The van der Waals surface area contributed by atoms with Gasteiger partial charge in [-0.2, -0.15) is 0 Å². The van der Waals surface area contributed by atoms with Gasteiger partial charge in [-0.3, -0.25) is 4.79 Å². The zero-order valence-electron chi connectivity index (χ0n) is 10.3. The van der Waals surface area contributed by atoms with Crippen molar-refractivity contribution < 1.29 is 9.53 Å². The lowest BCUT2D eigenvalue weighted by molar-refractivity contribution is -0.127. The van der Waals surface area contributed by atoms with E-state index in [1.165, 1.54) is 0 Å². The Labute approximate surface area is 92.6 Å². The normalized spacial score (nSPS) is 17.1. The maximum absolute atomic E-state index is 11.3. The van der Waals surface area contributed by atoms with E-state index < -0.39 is 5.54 Å². The molecule has 15 heavy (non-hydrogen) atoms. The van der Waals surface area contributed by atoms with Gasteiger partial charge < -0.3 is 15.8 Å². The monoisotopic (exact) mass is 216 g/mol. The van der Waals surface area contributed by atoms with E-state index in [-0.39, 0.29) is 12.0 Å². The molecule has 1 amide bonds. The summed E-state index contributed by atoms with van der Waals surface area (Å²) in [6.07, 6.45) is 2.06. The van der Waals surface area contributed by atoms with Crippen LogP contribution in [0.3, 0.4) is 0 Å². The molecule has 0 saturated heterocycles. The highest BCUT2D eigenvalue weighted by Gasteiger charge is 2.30. The predicted octanol–water partition coefficient (Wildman–Crippen LogP) is 1.05. The average Bonchev–Trinajstić information content (AvgIpc) is 2.22. The quantitative estimate of drug-likeness (QED) is 0.637. The zero-order valence-corrected chi connectivity index (χ0v) is 10.3. The maximum atomic E-state index is 11.3. The first kappa shape index (κ1) is 14.4. The van der Waals surface area contributed by atoms with Crippen LogP contribution in [0.25, 0.3) is 0 Å². The Morgan fingerprint density at radius 1 is 1.53 bits per heavy atom. The first-order valence-electron chi connectivity index (χ1n) is 5.62. The molecule has 0 saturated carbocycles. The molecule has 0 aromatic carbocycles. The smallest absolute Gasteiger partial charge is 0.239 e. The van der Waals surface area contributed by atoms with E-state index >= 15 is 0 Å². The fraction of sp³-hybridized carbons (Fsp3) is 0.909. The van der Waals surface area contributed by atoms with Gasteiger partial charge >= 0.3 is 0 Å². The Morgan fingerprint density at radius 3 is 2.53 bits per heavy atom. The Balaban J connectivity index is 4.19. The number of hydrogen-bond acceptors (Lipinski definition) is 3. The Bertz CT molecular complexity index is 197. The number of primary amides is 1. The summed E-state index contributed by atoms with van der Waals surface area (Å²) in [6.45, 7) is 8.96. The van der Waals surface area contributed by atoms with E-state index in [1.54, 1.807) is 6.92 Å². The number of amides is 1. The van der Waals surface area contributed by atoms with Crippen molar-refractivity contribution in [3.8, 4) is 0 Å². The summed E-state index contributed by atoms with van der Waals surface area (Å²) in [5.74, 6) is -0.362. The van der Waals surface area contributed by atoms with E-state index in [9.17, 15) is 4.79 Å². The summed E-state index contributed by atoms with van der Waals surface area (Å²) in [7, 11) is 0. The van der Waals surface area contributed by atoms with Crippen LogP contribution >= 0.6 is 0 Å². The number of hydrogen-bond donors (Lipinski definition) is 2. The van der Waals surface area contributed by atoms with Gasteiger partial charge in [-0.25, -0.2) is 0 Å².